The zero-order valence-corrected chi connectivity index (χ0v) is 18.0. The van der Waals surface area contributed by atoms with Crippen molar-refractivity contribution in [2.24, 2.45) is 0 Å². The lowest BCUT2D eigenvalue weighted by Crippen LogP contribution is -2.10. The van der Waals surface area contributed by atoms with Crippen molar-refractivity contribution in [2.75, 3.05) is 4.90 Å². The third-order valence-corrected chi connectivity index (χ3v) is 6.02. The van der Waals surface area contributed by atoms with Gasteiger partial charge < -0.3 is 14.6 Å². The van der Waals surface area contributed by atoms with Gasteiger partial charge in [-0.3, -0.25) is 0 Å². The van der Waals surface area contributed by atoms with E-state index in [2.05, 4.69) is 70.1 Å². The number of fused-ring (bicyclic) bond motifs is 3. The first-order valence-corrected chi connectivity index (χ1v) is 11.0. The lowest BCUT2D eigenvalue weighted by atomic mass is 10.1. The van der Waals surface area contributed by atoms with Crippen LogP contribution in [0.15, 0.2) is 127 Å². The molecule has 0 aliphatic carbocycles. The van der Waals surface area contributed by atoms with E-state index >= 15 is 0 Å². The third kappa shape index (κ3) is 3.22. The van der Waals surface area contributed by atoms with E-state index in [0.29, 0.717) is 0 Å². The van der Waals surface area contributed by atoms with E-state index in [1.165, 1.54) is 0 Å². The molecule has 0 saturated heterocycles. The number of anilines is 3. The van der Waals surface area contributed by atoms with Crippen molar-refractivity contribution in [3.63, 3.8) is 0 Å². The average Bonchev–Trinajstić information content (AvgIpc) is 3.20. The topological polar surface area (TPSA) is 28.4 Å². The number of nitrogens with zero attached hydrogens (tertiary/aromatic N) is 2. The van der Waals surface area contributed by atoms with E-state index in [1.807, 2.05) is 66.7 Å². The Morgan fingerprint density at radius 3 is 1.73 bits per heavy atom. The molecule has 3 heteroatoms. The summed E-state index contributed by atoms with van der Waals surface area (Å²) in [5.74, 6) is 0.231. The molecule has 1 N–H and O–H groups in total. The fourth-order valence-corrected chi connectivity index (χ4v) is 4.67. The number of hydrogen-bond donors (Lipinski definition) is 1. The van der Waals surface area contributed by atoms with E-state index in [0.717, 1.165) is 44.6 Å². The monoisotopic (exact) mass is 426 g/mol. The van der Waals surface area contributed by atoms with Crippen LogP contribution in [-0.4, -0.2) is 9.67 Å². The molecule has 5 aromatic carbocycles. The van der Waals surface area contributed by atoms with Gasteiger partial charge in [-0.1, -0.05) is 72.8 Å². The summed E-state index contributed by atoms with van der Waals surface area (Å²) in [6.45, 7) is 0. The molecule has 0 aliphatic rings. The molecule has 6 rings (SSSR count). The fourth-order valence-electron chi connectivity index (χ4n) is 4.67. The molecule has 3 nitrogen and oxygen atoms in total. The number of aromatic nitrogens is 1. The van der Waals surface area contributed by atoms with Gasteiger partial charge in [0, 0.05) is 40.0 Å². The zero-order chi connectivity index (χ0) is 22.2. The lowest BCUT2D eigenvalue weighted by Gasteiger charge is -2.26. The molecule has 0 fully saturated rings. The molecule has 0 atom stereocenters. The molecule has 1 aromatic heterocycles. The summed E-state index contributed by atoms with van der Waals surface area (Å²) in [6.07, 6.45) is 0. The van der Waals surface area contributed by atoms with Crippen LogP contribution in [0.2, 0.25) is 0 Å². The Morgan fingerprint density at radius 1 is 0.545 bits per heavy atom. The van der Waals surface area contributed by atoms with Gasteiger partial charge in [-0.05, 0) is 42.5 Å². The van der Waals surface area contributed by atoms with Crippen molar-refractivity contribution in [1.29, 1.82) is 0 Å². The predicted molar refractivity (Wildman–Crippen MR) is 137 cm³/mol. The summed E-state index contributed by atoms with van der Waals surface area (Å²) in [6, 6.07) is 43.0. The highest BCUT2D eigenvalue weighted by Crippen LogP contribution is 2.45. The molecule has 6 aromatic rings. The molecule has 33 heavy (non-hydrogen) atoms. The van der Waals surface area contributed by atoms with Gasteiger partial charge >= 0.3 is 0 Å². The predicted octanol–water partition coefficient (Wildman–Crippen LogP) is 7.96. The second kappa shape index (κ2) is 7.88. The Kier molecular flexibility index (Phi) is 4.59. The quantitative estimate of drug-likeness (QED) is 0.310. The molecule has 0 saturated carbocycles. The van der Waals surface area contributed by atoms with Crippen molar-refractivity contribution in [3.8, 4) is 11.4 Å². The molecule has 0 spiro atoms. The van der Waals surface area contributed by atoms with Crippen molar-refractivity contribution in [3.05, 3.63) is 127 Å². The molecule has 0 bridgehead atoms. The Labute approximate surface area is 192 Å². The number of aromatic hydroxyl groups is 1. The first-order valence-electron chi connectivity index (χ1n) is 11.0. The Bertz CT molecular complexity index is 1520. The molecule has 0 unspecified atom stereocenters. The molecule has 0 amide bonds. The minimum absolute atomic E-state index is 0.231. The number of hydrogen-bond acceptors (Lipinski definition) is 2. The van der Waals surface area contributed by atoms with E-state index in [-0.39, 0.29) is 5.75 Å². The largest absolute Gasteiger partial charge is 0.508 e. The number of phenolic OH excluding ortho intramolecular Hbond substituents is 1. The van der Waals surface area contributed by atoms with Crippen molar-refractivity contribution < 1.29 is 5.11 Å². The first kappa shape index (κ1) is 19.2. The van der Waals surface area contributed by atoms with Crippen LogP contribution >= 0.6 is 0 Å². The second-order valence-electron chi connectivity index (χ2n) is 8.05. The van der Waals surface area contributed by atoms with E-state index in [9.17, 15) is 5.11 Å². The summed E-state index contributed by atoms with van der Waals surface area (Å²) >= 11 is 0. The number of rotatable bonds is 4. The van der Waals surface area contributed by atoms with Crippen LogP contribution in [-0.2, 0) is 0 Å². The molecule has 1 heterocycles. The number of phenols is 1. The van der Waals surface area contributed by atoms with E-state index < -0.39 is 0 Å². The molecular formula is C30H22N2O. The standard InChI is InChI=1S/C30H22N2O/c33-25-20-28(31(22-12-4-1-5-13-22)23-14-6-2-7-15-23)30-26-18-10-11-19-27(26)32(29(30)21-25)24-16-8-3-9-17-24/h1-21,33H. The first-order chi connectivity index (χ1) is 16.3. The second-order valence-corrected chi connectivity index (χ2v) is 8.05. The normalized spacial score (nSPS) is 11.2. The SMILES string of the molecule is Oc1cc(N(c2ccccc2)c2ccccc2)c2c3ccccc3n(-c3ccccc3)c2c1. The van der Waals surface area contributed by atoms with Gasteiger partial charge in [-0.2, -0.15) is 0 Å². The Hall–Kier alpha value is -4.50. The Balaban J connectivity index is 1.75. The van der Waals surface area contributed by atoms with Gasteiger partial charge in [0.2, 0.25) is 0 Å². The van der Waals surface area contributed by atoms with Crippen LogP contribution in [0.5, 0.6) is 5.75 Å². The van der Waals surface area contributed by atoms with Gasteiger partial charge in [0.15, 0.2) is 0 Å². The van der Waals surface area contributed by atoms with Crippen molar-refractivity contribution in [1.82, 2.24) is 4.57 Å². The maximum atomic E-state index is 10.9. The summed E-state index contributed by atoms with van der Waals surface area (Å²) in [4.78, 5) is 2.21. The van der Waals surface area contributed by atoms with Crippen LogP contribution in [0, 0.1) is 0 Å². The summed E-state index contributed by atoms with van der Waals surface area (Å²) in [5, 5.41) is 13.1. The highest BCUT2D eigenvalue weighted by molar-refractivity contribution is 6.17. The molecule has 158 valence electrons. The van der Waals surface area contributed by atoms with Gasteiger partial charge in [0.1, 0.15) is 5.75 Å². The fraction of sp³-hybridized carbons (Fsp3) is 0. The Morgan fingerprint density at radius 2 is 1.09 bits per heavy atom. The molecular weight excluding hydrogens is 404 g/mol. The minimum atomic E-state index is 0.231. The maximum absolute atomic E-state index is 10.9. The van der Waals surface area contributed by atoms with Crippen molar-refractivity contribution in [2.45, 2.75) is 0 Å². The lowest BCUT2D eigenvalue weighted by molar-refractivity contribution is 0.476. The highest BCUT2D eigenvalue weighted by atomic mass is 16.3. The third-order valence-electron chi connectivity index (χ3n) is 6.02. The maximum Gasteiger partial charge on any atom is 0.119 e. The zero-order valence-electron chi connectivity index (χ0n) is 18.0. The van der Waals surface area contributed by atoms with Gasteiger partial charge in [0.25, 0.3) is 0 Å². The van der Waals surface area contributed by atoms with Gasteiger partial charge in [-0.15, -0.1) is 0 Å². The van der Waals surface area contributed by atoms with E-state index in [1.54, 1.807) is 0 Å². The minimum Gasteiger partial charge on any atom is -0.508 e. The van der Waals surface area contributed by atoms with Crippen molar-refractivity contribution >= 4 is 38.9 Å². The van der Waals surface area contributed by atoms with Crippen LogP contribution in [0.1, 0.15) is 0 Å². The average molecular weight is 427 g/mol. The number of para-hydroxylation sites is 4. The number of benzene rings is 5. The van der Waals surface area contributed by atoms with Gasteiger partial charge in [-0.25, -0.2) is 0 Å². The van der Waals surface area contributed by atoms with Crippen LogP contribution in [0.25, 0.3) is 27.5 Å². The van der Waals surface area contributed by atoms with Crippen LogP contribution < -0.4 is 4.90 Å². The summed E-state index contributed by atoms with van der Waals surface area (Å²) in [5.41, 5.74) is 6.14. The highest BCUT2D eigenvalue weighted by Gasteiger charge is 2.21. The molecule has 0 radical (unpaired) electrons. The van der Waals surface area contributed by atoms with Crippen LogP contribution in [0.3, 0.4) is 0 Å². The molecule has 0 aliphatic heterocycles. The summed E-state index contributed by atoms with van der Waals surface area (Å²) < 4.78 is 2.22. The van der Waals surface area contributed by atoms with Gasteiger partial charge in [0.05, 0.1) is 16.7 Å². The summed E-state index contributed by atoms with van der Waals surface area (Å²) in [7, 11) is 0. The van der Waals surface area contributed by atoms with Crippen LogP contribution in [0.4, 0.5) is 17.1 Å². The smallest absolute Gasteiger partial charge is 0.119 e. The van der Waals surface area contributed by atoms with E-state index in [4.69, 9.17) is 0 Å².